The molecule has 0 aliphatic heterocycles. The first-order valence-corrected chi connectivity index (χ1v) is 6.55. The third-order valence-electron chi connectivity index (χ3n) is 2.90. The number of carbonyl (C=O) groups is 2. The summed E-state index contributed by atoms with van der Waals surface area (Å²) in [5, 5.41) is 10.4. The summed E-state index contributed by atoms with van der Waals surface area (Å²) in [6, 6.07) is -0.616. The number of nitrogens with two attached hydrogens (primary N) is 1. The summed E-state index contributed by atoms with van der Waals surface area (Å²) in [7, 11) is 2.81. The highest BCUT2D eigenvalue weighted by molar-refractivity contribution is 5.88. The minimum absolute atomic E-state index is 0.0829. The van der Waals surface area contributed by atoms with Gasteiger partial charge in [0.2, 0.25) is 5.91 Å². The fourth-order valence-electron chi connectivity index (χ4n) is 1.78. The summed E-state index contributed by atoms with van der Waals surface area (Å²) in [6.07, 6.45) is 0.368. The number of aromatic nitrogens is 3. The van der Waals surface area contributed by atoms with Crippen LogP contribution in [-0.2, 0) is 20.7 Å². The normalized spacial score (nSPS) is 12.0. The molecule has 9 nitrogen and oxygen atoms in total. The molecule has 9 heteroatoms. The van der Waals surface area contributed by atoms with Crippen LogP contribution >= 0.6 is 0 Å². The van der Waals surface area contributed by atoms with Gasteiger partial charge in [-0.1, -0.05) is 5.21 Å². The lowest BCUT2D eigenvalue weighted by Gasteiger charge is -2.14. The molecule has 0 radical (unpaired) electrons. The molecule has 0 saturated carbocycles. The molecule has 0 aliphatic rings. The van der Waals surface area contributed by atoms with E-state index in [9.17, 15) is 9.59 Å². The van der Waals surface area contributed by atoms with Crippen molar-refractivity contribution >= 4 is 11.9 Å². The van der Waals surface area contributed by atoms with E-state index in [-0.39, 0.29) is 11.6 Å². The van der Waals surface area contributed by atoms with Crippen LogP contribution < -0.4 is 11.1 Å². The molecule has 0 spiro atoms. The largest absolute Gasteiger partial charge is 0.464 e. The van der Waals surface area contributed by atoms with Crippen LogP contribution in [0.1, 0.15) is 29.1 Å². The molecule has 0 saturated heterocycles. The molecule has 1 aromatic heterocycles. The smallest absolute Gasteiger partial charge is 0.360 e. The van der Waals surface area contributed by atoms with E-state index >= 15 is 0 Å². The zero-order valence-electron chi connectivity index (χ0n) is 12.5. The number of esters is 1. The average molecular weight is 299 g/mol. The molecule has 118 valence electrons. The number of nitrogens with one attached hydrogen (secondary N) is 1. The van der Waals surface area contributed by atoms with Crippen molar-refractivity contribution in [1.82, 2.24) is 20.3 Å². The first-order chi connectivity index (χ1) is 10.1. The van der Waals surface area contributed by atoms with Crippen LogP contribution in [0.2, 0.25) is 0 Å². The van der Waals surface area contributed by atoms with Gasteiger partial charge < -0.3 is 20.5 Å². The Hall–Kier alpha value is -2.00. The van der Waals surface area contributed by atoms with Gasteiger partial charge in [-0.2, -0.15) is 0 Å². The van der Waals surface area contributed by atoms with Gasteiger partial charge in [0.05, 0.1) is 19.4 Å². The Morgan fingerprint density at radius 1 is 1.43 bits per heavy atom. The third-order valence-corrected chi connectivity index (χ3v) is 2.90. The molecule has 1 unspecified atom stereocenters. The maximum Gasteiger partial charge on any atom is 0.360 e. The molecule has 1 rings (SSSR count). The molecule has 1 atom stereocenters. The monoisotopic (exact) mass is 299 g/mol. The number of ether oxygens (including phenoxy) is 2. The number of carbonyl (C=O) groups excluding carboxylic acids is 2. The Morgan fingerprint density at radius 3 is 2.71 bits per heavy atom. The van der Waals surface area contributed by atoms with Crippen molar-refractivity contribution < 1.29 is 19.1 Å². The molecule has 0 bridgehead atoms. The van der Waals surface area contributed by atoms with Crippen molar-refractivity contribution in [2.24, 2.45) is 5.73 Å². The molecule has 1 aromatic rings. The van der Waals surface area contributed by atoms with E-state index in [4.69, 9.17) is 10.5 Å². The molecule has 1 amide bonds. The fraction of sp³-hybridized carbons (Fsp3) is 0.667. The lowest BCUT2D eigenvalue weighted by atomic mass is 10.2. The van der Waals surface area contributed by atoms with E-state index in [0.29, 0.717) is 31.8 Å². The van der Waals surface area contributed by atoms with Crippen LogP contribution in [0.5, 0.6) is 0 Å². The lowest BCUT2D eigenvalue weighted by Crippen LogP contribution is -2.34. The van der Waals surface area contributed by atoms with Crippen molar-refractivity contribution in [1.29, 1.82) is 0 Å². The van der Waals surface area contributed by atoms with Gasteiger partial charge in [0, 0.05) is 20.1 Å². The standard InChI is InChI=1S/C12H21N5O4/c1-8(11(18)14-6-7-20-2)17-9(4-5-13)10(15-16-17)12(19)21-3/h8H,4-7,13H2,1-3H3,(H,14,18). The van der Waals surface area contributed by atoms with Gasteiger partial charge in [-0.3, -0.25) is 4.79 Å². The Labute approximate surface area is 122 Å². The highest BCUT2D eigenvalue weighted by Gasteiger charge is 2.25. The minimum Gasteiger partial charge on any atom is -0.464 e. The number of rotatable bonds is 8. The number of nitrogens with zero attached hydrogens (tertiary/aromatic N) is 3. The van der Waals surface area contributed by atoms with Crippen molar-refractivity contribution in [2.75, 3.05) is 33.9 Å². The molecular formula is C12H21N5O4. The number of hydrogen-bond donors (Lipinski definition) is 2. The van der Waals surface area contributed by atoms with Crippen LogP contribution in [0.4, 0.5) is 0 Å². The second-order valence-corrected chi connectivity index (χ2v) is 4.32. The highest BCUT2D eigenvalue weighted by atomic mass is 16.5. The number of amides is 1. The van der Waals surface area contributed by atoms with E-state index in [2.05, 4.69) is 20.4 Å². The molecule has 21 heavy (non-hydrogen) atoms. The van der Waals surface area contributed by atoms with Crippen LogP contribution in [0, 0.1) is 0 Å². The lowest BCUT2D eigenvalue weighted by molar-refractivity contribution is -0.124. The number of hydrogen-bond acceptors (Lipinski definition) is 7. The summed E-state index contributed by atoms with van der Waals surface area (Å²) < 4.78 is 10.9. The minimum atomic E-state index is -0.616. The first-order valence-electron chi connectivity index (χ1n) is 6.55. The molecular weight excluding hydrogens is 278 g/mol. The quantitative estimate of drug-likeness (QED) is 0.461. The fourth-order valence-corrected chi connectivity index (χ4v) is 1.78. The Kier molecular flexibility index (Phi) is 6.76. The zero-order valence-corrected chi connectivity index (χ0v) is 12.5. The van der Waals surface area contributed by atoms with Gasteiger partial charge in [0.1, 0.15) is 6.04 Å². The molecule has 3 N–H and O–H groups in total. The first kappa shape index (κ1) is 17.1. The second-order valence-electron chi connectivity index (χ2n) is 4.32. The number of methoxy groups -OCH3 is 2. The molecule has 0 aliphatic carbocycles. The van der Waals surface area contributed by atoms with Crippen molar-refractivity contribution in [3.05, 3.63) is 11.4 Å². The maximum absolute atomic E-state index is 12.0. The second kappa shape index (κ2) is 8.32. The summed E-state index contributed by atoms with van der Waals surface area (Å²) in [4.78, 5) is 23.7. The van der Waals surface area contributed by atoms with Crippen molar-refractivity contribution in [3.8, 4) is 0 Å². The predicted molar refractivity (Wildman–Crippen MR) is 73.7 cm³/mol. The summed E-state index contributed by atoms with van der Waals surface area (Å²) in [5.74, 6) is -0.844. The topological polar surface area (TPSA) is 121 Å². The third kappa shape index (κ3) is 4.23. The Bertz CT molecular complexity index is 488. The van der Waals surface area contributed by atoms with Crippen LogP contribution in [0.3, 0.4) is 0 Å². The van der Waals surface area contributed by atoms with Gasteiger partial charge in [-0.05, 0) is 13.5 Å². The van der Waals surface area contributed by atoms with Gasteiger partial charge in [-0.25, -0.2) is 9.48 Å². The van der Waals surface area contributed by atoms with Gasteiger partial charge in [-0.15, -0.1) is 5.10 Å². The Balaban J connectivity index is 2.92. The predicted octanol–water partition coefficient (Wildman–Crippen LogP) is -1.11. The molecule has 1 heterocycles. The summed E-state index contributed by atoms with van der Waals surface area (Å²) in [6.45, 7) is 2.77. The maximum atomic E-state index is 12.0. The SMILES string of the molecule is COCCNC(=O)C(C)n1nnc(C(=O)OC)c1CCN. The van der Waals surface area contributed by atoms with Gasteiger partial charge in [0.15, 0.2) is 5.69 Å². The molecule has 0 fully saturated rings. The van der Waals surface area contributed by atoms with E-state index in [1.807, 2.05) is 0 Å². The highest BCUT2D eigenvalue weighted by Crippen LogP contribution is 2.14. The van der Waals surface area contributed by atoms with Crippen LogP contribution in [0.25, 0.3) is 0 Å². The van der Waals surface area contributed by atoms with Crippen molar-refractivity contribution in [2.45, 2.75) is 19.4 Å². The van der Waals surface area contributed by atoms with Gasteiger partial charge >= 0.3 is 5.97 Å². The summed E-state index contributed by atoms with van der Waals surface area (Å²) >= 11 is 0. The van der Waals surface area contributed by atoms with Crippen LogP contribution in [0.15, 0.2) is 0 Å². The van der Waals surface area contributed by atoms with E-state index in [1.165, 1.54) is 11.8 Å². The average Bonchev–Trinajstić information content (AvgIpc) is 2.90. The Morgan fingerprint density at radius 2 is 2.14 bits per heavy atom. The van der Waals surface area contributed by atoms with Crippen LogP contribution in [-0.4, -0.2) is 60.8 Å². The van der Waals surface area contributed by atoms with E-state index in [1.54, 1.807) is 14.0 Å². The van der Waals surface area contributed by atoms with Gasteiger partial charge in [0.25, 0.3) is 0 Å². The molecule has 0 aromatic carbocycles. The zero-order chi connectivity index (χ0) is 15.8. The van der Waals surface area contributed by atoms with E-state index < -0.39 is 12.0 Å². The van der Waals surface area contributed by atoms with Crippen molar-refractivity contribution in [3.63, 3.8) is 0 Å². The van der Waals surface area contributed by atoms with E-state index in [0.717, 1.165) is 0 Å². The summed E-state index contributed by atoms with van der Waals surface area (Å²) in [5.41, 5.74) is 6.10.